The minimum absolute atomic E-state index is 0. The first-order chi connectivity index (χ1) is 11.6. The summed E-state index contributed by atoms with van der Waals surface area (Å²) in [6, 6.07) is 6.81. The van der Waals surface area contributed by atoms with Gasteiger partial charge in [0, 0.05) is 18.8 Å². The highest BCUT2D eigenvalue weighted by Gasteiger charge is 2.42. The number of rotatable bonds is 7. The van der Waals surface area contributed by atoms with E-state index in [0.717, 1.165) is 12.8 Å². The Morgan fingerprint density at radius 3 is 2.40 bits per heavy atom. The van der Waals surface area contributed by atoms with Crippen molar-refractivity contribution in [2.75, 3.05) is 25.0 Å². The van der Waals surface area contributed by atoms with Crippen LogP contribution in [-0.4, -0.2) is 37.2 Å². The predicted octanol–water partition coefficient (Wildman–Crippen LogP) is 2.02. The number of hydrogen-bond acceptors (Lipinski definition) is 4. The van der Waals surface area contributed by atoms with Gasteiger partial charge in [-0.2, -0.15) is 0 Å². The van der Waals surface area contributed by atoms with E-state index in [2.05, 4.69) is 16.0 Å². The third-order valence-electron chi connectivity index (χ3n) is 4.08. The molecule has 0 aromatic heterocycles. The maximum absolute atomic E-state index is 12.7. The van der Waals surface area contributed by atoms with Crippen molar-refractivity contribution in [3.8, 4) is 5.75 Å². The lowest BCUT2D eigenvalue weighted by Crippen LogP contribution is -2.57. The molecule has 3 amide bonds. The molecular formula is C17H27ClN4O3. The molecule has 7 nitrogen and oxygen atoms in total. The molecule has 0 spiro atoms. The average molecular weight is 371 g/mol. The second-order valence-electron chi connectivity index (χ2n) is 5.89. The smallest absolute Gasteiger partial charge is 0.315 e. The molecule has 1 aliphatic rings. The maximum atomic E-state index is 12.7. The topological polar surface area (TPSA) is 105 Å². The van der Waals surface area contributed by atoms with Crippen LogP contribution in [0.3, 0.4) is 0 Å². The number of anilines is 1. The molecule has 0 heterocycles. The predicted molar refractivity (Wildman–Crippen MR) is 100 cm³/mol. The largest absolute Gasteiger partial charge is 0.492 e. The Kier molecular flexibility index (Phi) is 8.51. The Labute approximate surface area is 154 Å². The van der Waals surface area contributed by atoms with Gasteiger partial charge in [-0.1, -0.05) is 12.8 Å². The highest BCUT2D eigenvalue weighted by molar-refractivity contribution is 6.00. The molecule has 1 aliphatic carbocycles. The molecule has 0 aliphatic heterocycles. The normalized spacial score (nSPS) is 15.0. The summed E-state index contributed by atoms with van der Waals surface area (Å²) < 4.78 is 5.41. The van der Waals surface area contributed by atoms with E-state index >= 15 is 0 Å². The van der Waals surface area contributed by atoms with Crippen LogP contribution in [0.5, 0.6) is 5.75 Å². The first kappa shape index (κ1) is 21.1. The molecule has 1 saturated carbocycles. The number of halogens is 1. The molecule has 1 aromatic carbocycles. The fourth-order valence-corrected chi connectivity index (χ4v) is 2.87. The van der Waals surface area contributed by atoms with Crippen LogP contribution in [0.1, 0.15) is 32.6 Å². The molecule has 1 fully saturated rings. The van der Waals surface area contributed by atoms with Gasteiger partial charge in [0.1, 0.15) is 17.9 Å². The summed E-state index contributed by atoms with van der Waals surface area (Å²) >= 11 is 0. The lowest BCUT2D eigenvalue weighted by molar-refractivity contribution is -0.121. The van der Waals surface area contributed by atoms with Crippen LogP contribution in [0.2, 0.25) is 0 Å². The second-order valence-corrected chi connectivity index (χ2v) is 5.89. The van der Waals surface area contributed by atoms with Crippen molar-refractivity contribution >= 4 is 30.0 Å². The van der Waals surface area contributed by atoms with E-state index < -0.39 is 5.54 Å². The molecule has 0 bridgehead atoms. The molecule has 0 atom stereocenters. The van der Waals surface area contributed by atoms with E-state index in [1.807, 2.05) is 6.92 Å². The molecule has 1 aromatic rings. The first-order valence-corrected chi connectivity index (χ1v) is 8.40. The Morgan fingerprint density at radius 1 is 1.20 bits per heavy atom. The van der Waals surface area contributed by atoms with Gasteiger partial charge >= 0.3 is 6.03 Å². The third-order valence-corrected chi connectivity index (χ3v) is 4.08. The van der Waals surface area contributed by atoms with Gasteiger partial charge in [0.25, 0.3) is 0 Å². The summed E-state index contributed by atoms with van der Waals surface area (Å²) in [4.78, 5) is 24.6. The molecular weight excluding hydrogens is 344 g/mol. The first-order valence-electron chi connectivity index (χ1n) is 8.40. The molecule has 8 heteroatoms. The van der Waals surface area contributed by atoms with Gasteiger partial charge in [-0.05, 0) is 44.0 Å². The second kappa shape index (κ2) is 10.1. The van der Waals surface area contributed by atoms with Crippen LogP contribution in [0.25, 0.3) is 0 Å². The van der Waals surface area contributed by atoms with Crippen molar-refractivity contribution in [1.82, 2.24) is 10.6 Å². The molecule has 2 rings (SSSR count). The van der Waals surface area contributed by atoms with Gasteiger partial charge in [-0.15, -0.1) is 12.4 Å². The molecule has 140 valence electrons. The van der Waals surface area contributed by atoms with E-state index in [1.165, 1.54) is 0 Å². The fourth-order valence-electron chi connectivity index (χ4n) is 2.87. The summed E-state index contributed by atoms with van der Waals surface area (Å²) in [6.45, 7) is 3.26. The maximum Gasteiger partial charge on any atom is 0.315 e. The van der Waals surface area contributed by atoms with Gasteiger partial charge < -0.3 is 26.4 Å². The average Bonchev–Trinajstić information content (AvgIpc) is 3.04. The van der Waals surface area contributed by atoms with E-state index in [4.69, 9.17) is 10.5 Å². The van der Waals surface area contributed by atoms with E-state index in [-0.39, 0.29) is 24.3 Å². The summed E-state index contributed by atoms with van der Waals surface area (Å²) in [5, 5.41) is 8.43. The number of nitrogens with one attached hydrogen (secondary N) is 3. The Bertz CT molecular complexity index is 560. The Balaban J connectivity index is 0.00000312. The van der Waals surface area contributed by atoms with Crippen molar-refractivity contribution in [3.05, 3.63) is 24.3 Å². The van der Waals surface area contributed by atoms with Gasteiger partial charge in [-0.3, -0.25) is 4.79 Å². The quantitative estimate of drug-likeness (QED) is 0.589. The van der Waals surface area contributed by atoms with E-state index in [9.17, 15) is 9.59 Å². The minimum Gasteiger partial charge on any atom is -0.492 e. The number of urea groups is 1. The van der Waals surface area contributed by atoms with Crippen molar-refractivity contribution in [2.45, 2.75) is 38.1 Å². The highest BCUT2D eigenvalue weighted by atomic mass is 35.5. The van der Waals surface area contributed by atoms with Crippen LogP contribution >= 0.6 is 12.4 Å². The van der Waals surface area contributed by atoms with Crippen LogP contribution < -0.4 is 26.4 Å². The standard InChI is InChI=1S/C17H26N4O3.ClH/c1-2-19-16(23)21-17(9-3-4-10-17)15(22)20-13-5-7-14(8-6-13)24-12-11-18;/h5-8H,2-4,9-12,18H2,1H3,(H,20,22)(H2,19,21,23);1H. The zero-order chi connectivity index (χ0) is 17.4. The number of nitrogens with two attached hydrogens (primary N) is 1. The van der Waals surface area contributed by atoms with Gasteiger partial charge in [0.15, 0.2) is 0 Å². The molecule has 25 heavy (non-hydrogen) atoms. The molecule has 0 saturated heterocycles. The monoisotopic (exact) mass is 370 g/mol. The summed E-state index contributed by atoms with van der Waals surface area (Å²) in [5.41, 5.74) is 5.23. The molecule has 5 N–H and O–H groups in total. The Hall–Kier alpha value is -1.99. The zero-order valence-corrected chi connectivity index (χ0v) is 15.3. The summed E-state index contributed by atoms with van der Waals surface area (Å²) in [6.07, 6.45) is 3.14. The van der Waals surface area contributed by atoms with Gasteiger partial charge in [0.05, 0.1) is 0 Å². The number of benzene rings is 1. The van der Waals surface area contributed by atoms with Gasteiger partial charge in [-0.25, -0.2) is 4.79 Å². The van der Waals surface area contributed by atoms with Crippen molar-refractivity contribution in [3.63, 3.8) is 0 Å². The molecule has 0 unspecified atom stereocenters. The van der Waals surface area contributed by atoms with Crippen LogP contribution in [0, 0.1) is 0 Å². The SMILES string of the molecule is CCNC(=O)NC1(C(=O)Nc2ccc(OCCN)cc2)CCCC1.Cl. The summed E-state index contributed by atoms with van der Waals surface area (Å²) in [7, 11) is 0. The highest BCUT2D eigenvalue weighted by Crippen LogP contribution is 2.31. The Morgan fingerprint density at radius 2 is 1.84 bits per heavy atom. The van der Waals surface area contributed by atoms with E-state index in [1.54, 1.807) is 24.3 Å². The number of ether oxygens (including phenoxy) is 1. The van der Waals surface area contributed by atoms with Crippen molar-refractivity contribution in [1.29, 1.82) is 0 Å². The van der Waals surface area contributed by atoms with Crippen molar-refractivity contribution in [2.24, 2.45) is 5.73 Å². The summed E-state index contributed by atoms with van der Waals surface area (Å²) in [5.74, 6) is 0.524. The van der Waals surface area contributed by atoms with Crippen molar-refractivity contribution < 1.29 is 14.3 Å². The van der Waals surface area contributed by atoms with E-state index in [0.29, 0.717) is 44.0 Å². The zero-order valence-electron chi connectivity index (χ0n) is 14.5. The number of hydrogen-bond donors (Lipinski definition) is 4. The fraction of sp³-hybridized carbons (Fsp3) is 0.529. The van der Waals surface area contributed by atoms with Crippen LogP contribution in [0.15, 0.2) is 24.3 Å². The lowest BCUT2D eigenvalue weighted by Gasteiger charge is -2.29. The lowest BCUT2D eigenvalue weighted by atomic mass is 9.96. The van der Waals surface area contributed by atoms with Crippen LogP contribution in [0.4, 0.5) is 10.5 Å². The van der Waals surface area contributed by atoms with Crippen LogP contribution in [-0.2, 0) is 4.79 Å². The third kappa shape index (κ3) is 5.79. The number of amides is 3. The van der Waals surface area contributed by atoms with Gasteiger partial charge in [0.2, 0.25) is 5.91 Å². The number of carbonyl (C=O) groups excluding carboxylic acids is 2. The minimum atomic E-state index is -0.839. The molecule has 0 radical (unpaired) electrons. The number of carbonyl (C=O) groups is 2.